The maximum Gasteiger partial charge on any atom is 0.242 e. The molecule has 0 saturated carbocycles. The summed E-state index contributed by atoms with van der Waals surface area (Å²) in [7, 11) is -6.95. The highest BCUT2D eigenvalue weighted by Crippen LogP contribution is 2.22. The average molecular weight is 335 g/mol. The lowest BCUT2D eigenvalue weighted by atomic mass is 10.1. The number of aryl methyl sites for hydroxylation is 2. The second kappa shape index (κ2) is 6.73. The maximum absolute atomic E-state index is 12.1. The Morgan fingerprint density at radius 2 is 1.52 bits per heavy atom. The highest BCUT2D eigenvalue weighted by Gasteiger charge is 2.17. The van der Waals surface area contributed by atoms with E-state index in [1.165, 1.54) is 6.07 Å². The quantitative estimate of drug-likeness (QED) is 0.482. The molecular weight excluding hydrogens is 314 g/mol. The van der Waals surface area contributed by atoms with Crippen molar-refractivity contribution >= 4 is 25.7 Å². The van der Waals surface area contributed by atoms with Crippen LogP contribution in [0.5, 0.6) is 0 Å². The highest BCUT2D eigenvalue weighted by molar-refractivity contribution is 7.89. The number of nitrogen functional groups attached to an aromatic ring is 1. The van der Waals surface area contributed by atoms with Gasteiger partial charge >= 0.3 is 0 Å². The fourth-order valence-electron chi connectivity index (χ4n) is 1.67. The summed E-state index contributed by atoms with van der Waals surface area (Å²) in [4.78, 5) is 0.0432. The smallest absolute Gasteiger partial charge is 0.242 e. The van der Waals surface area contributed by atoms with Crippen LogP contribution in [0, 0.1) is 13.8 Å². The molecule has 0 radical (unpaired) electrons. The van der Waals surface area contributed by atoms with Gasteiger partial charge in [0.15, 0.2) is 0 Å². The lowest BCUT2D eigenvalue weighted by Crippen LogP contribution is -2.29. The van der Waals surface area contributed by atoms with Crippen LogP contribution in [0.25, 0.3) is 0 Å². The molecule has 21 heavy (non-hydrogen) atoms. The van der Waals surface area contributed by atoms with Gasteiger partial charge < -0.3 is 5.73 Å². The van der Waals surface area contributed by atoms with Gasteiger partial charge in [0.05, 0.1) is 11.9 Å². The Bertz CT molecular complexity index is 712. The number of nitrogens with one attached hydrogen (secondary N) is 2. The number of benzene rings is 1. The Hall–Kier alpha value is -1.16. The molecule has 0 aliphatic carbocycles. The molecule has 7 nitrogen and oxygen atoms in total. The van der Waals surface area contributed by atoms with Crippen LogP contribution in [-0.2, 0) is 20.0 Å². The minimum Gasteiger partial charge on any atom is -0.398 e. The van der Waals surface area contributed by atoms with Gasteiger partial charge in [-0.3, -0.25) is 0 Å². The van der Waals surface area contributed by atoms with Crippen molar-refractivity contribution < 1.29 is 16.8 Å². The first-order chi connectivity index (χ1) is 9.53. The molecule has 120 valence electrons. The summed E-state index contributed by atoms with van der Waals surface area (Å²) in [6, 6.07) is 3.15. The zero-order chi connectivity index (χ0) is 16.3. The second-order valence-electron chi connectivity index (χ2n) is 4.89. The number of hydrogen-bond acceptors (Lipinski definition) is 5. The lowest BCUT2D eigenvalue weighted by molar-refractivity contribution is 0.575. The van der Waals surface area contributed by atoms with E-state index in [9.17, 15) is 16.8 Å². The zero-order valence-electron chi connectivity index (χ0n) is 12.3. The van der Waals surface area contributed by atoms with Crippen LogP contribution in [-0.4, -0.2) is 36.2 Å². The van der Waals surface area contributed by atoms with Crippen molar-refractivity contribution in [3.05, 3.63) is 23.3 Å². The summed E-state index contributed by atoms with van der Waals surface area (Å²) in [5.41, 5.74) is 7.70. The number of hydrogen-bond donors (Lipinski definition) is 3. The largest absolute Gasteiger partial charge is 0.398 e. The van der Waals surface area contributed by atoms with E-state index in [1.807, 2.05) is 13.8 Å². The molecule has 0 aliphatic heterocycles. The number of rotatable bonds is 7. The van der Waals surface area contributed by atoms with E-state index in [1.54, 1.807) is 6.07 Å². The molecule has 0 amide bonds. The van der Waals surface area contributed by atoms with E-state index in [0.29, 0.717) is 6.42 Å². The third kappa shape index (κ3) is 5.62. The van der Waals surface area contributed by atoms with Gasteiger partial charge in [-0.05, 0) is 43.5 Å². The standard InChI is InChI=1S/C12H21N3O4S2/c1-9-7-11(13)12(8-10(9)2)21(18,19)15-6-4-5-14-20(3,16)17/h7-8,14-15H,4-6,13H2,1-3H3. The third-order valence-corrected chi connectivity index (χ3v) is 5.17. The van der Waals surface area contributed by atoms with Crippen molar-refractivity contribution in [1.82, 2.24) is 9.44 Å². The van der Waals surface area contributed by atoms with Gasteiger partial charge in [0, 0.05) is 13.1 Å². The monoisotopic (exact) mass is 335 g/mol. The van der Waals surface area contributed by atoms with Crippen molar-refractivity contribution in [3.8, 4) is 0 Å². The van der Waals surface area contributed by atoms with Gasteiger partial charge in [-0.15, -0.1) is 0 Å². The van der Waals surface area contributed by atoms with E-state index in [-0.39, 0.29) is 23.7 Å². The molecule has 0 fully saturated rings. The Morgan fingerprint density at radius 1 is 1.00 bits per heavy atom. The number of sulfonamides is 2. The molecule has 9 heteroatoms. The van der Waals surface area contributed by atoms with Crippen molar-refractivity contribution in [2.45, 2.75) is 25.2 Å². The second-order valence-corrected chi connectivity index (χ2v) is 8.46. The maximum atomic E-state index is 12.1. The van der Waals surface area contributed by atoms with Gasteiger partial charge in [0.25, 0.3) is 0 Å². The number of anilines is 1. The zero-order valence-corrected chi connectivity index (χ0v) is 13.9. The fourth-order valence-corrected chi connectivity index (χ4v) is 3.46. The number of nitrogens with two attached hydrogens (primary N) is 1. The first-order valence-electron chi connectivity index (χ1n) is 6.34. The fraction of sp³-hybridized carbons (Fsp3) is 0.500. The molecule has 1 rings (SSSR count). The Labute approximate surface area is 126 Å². The van der Waals surface area contributed by atoms with Gasteiger partial charge in [0.1, 0.15) is 4.90 Å². The Kier molecular flexibility index (Phi) is 5.74. The molecule has 1 aromatic rings. The molecule has 0 unspecified atom stereocenters. The van der Waals surface area contributed by atoms with Gasteiger partial charge in [-0.2, -0.15) is 0 Å². The molecule has 0 aliphatic rings. The van der Waals surface area contributed by atoms with Gasteiger partial charge in [-0.25, -0.2) is 26.3 Å². The molecule has 0 saturated heterocycles. The van der Waals surface area contributed by atoms with E-state index in [0.717, 1.165) is 17.4 Å². The van der Waals surface area contributed by atoms with Crippen molar-refractivity contribution in [1.29, 1.82) is 0 Å². The molecule has 0 spiro atoms. The molecule has 0 heterocycles. The molecule has 0 aromatic heterocycles. The predicted molar refractivity (Wildman–Crippen MR) is 83.0 cm³/mol. The Balaban J connectivity index is 2.68. The van der Waals surface area contributed by atoms with E-state index >= 15 is 0 Å². The lowest BCUT2D eigenvalue weighted by Gasteiger charge is -2.11. The van der Waals surface area contributed by atoms with E-state index in [4.69, 9.17) is 5.73 Å². The van der Waals surface area contributed by atoms with Gasteiger partial charge in [-0.1, -0.05) is 0 Å². The molecule has 1 aromatic carbocycles. The van der Waals surface area contributed by atoms with E-state index < -0.39 is 20.0 Å². The summed E-state index contributed by atoms with van der Waals surface area (Å²) >= 11 is 0. The normalized spacial score (nSPS) is 12.5. The van der Waals surface area contributed by atoms with Crippen LogP contribution in [0.3, 0.4) is 0 Å². The average Bonchev–Trinajstić information content (AvgIpc) is 2.31. The van der Waals surface area contributed by atoms with Crippen LogP contribution in [0.15, 0.2) is 17.0 Å². The first-order valence-corrected chi connectivity index (χ1v) is 9.71. The van der Waals surface area contributed by atoms with Crippen LogP contribution < -0.4 is 15.2 Å². The SMILES string of the molecule is Cc1cc(N)c(S(=O)(=O)NCCCNS(C)(=O)=O)cc1C. The summed E-state index contributed by atoms with van der Waals surface area (Å²) < 4.78 is 50.7. The molecule has 4 N–H and O–H groups in total. The van der Waals surface area contributed by atoms with Crippen LogP contribution in [0.4, 0.5) is 5.69 Å². The van der Waals surface area contributed by atoms with Crippen molar-refractivity contribution in [2.75, 3.05) is 25.1 Å². The van der Waals surface area contributed by atoms with Crippen LogP contribution >= 0.6 is 0 Å². The van der Waals surface area contributed by atoms with E-state index in [2.05, 4.69) is 9.44 Å². The summed E-state index contributed by atoms with van der Waals surface area (Å²) in [5.74, 6) is 0. The summed E-state index contributed by atoms with van der Waals surface area (Å²) in [6.07, 6.45) is 1.39. The minimum atomic E-state index is -3.70. The van der Waals surface area contributed by atoms with Crippen LogP contribution in [0.2, 0.25) is 0 Å². The summed E-state index contributed by atoms with van der Waals surface area (Å²) in [6.45, 7) is 3.96. The Morgan fingerprint density at radius 3 is 2.10 bits per heavy atom. The van der Waals surface area contributed by atoms with Gasteiger partial charge in [0.2, 0.25) is 20.0 Å². The van der Waals surface area contributed by atoms with Crippen molar-refractivity contribution in [3.63, 3.8) is 0 Å². The van der Waals surface area contributed by atoms with Crippen LogP contribution in [0.1, 0.15) is 17.5 Å². The highest BCUT2D eigenvalue weighted by atomic mass is 32.2. The molecule has 0 atom stereocenters. The summed E-state index contributed by atoms with van der Waals surface area (Å²) in [5, 5.41) is 0. The molecule has 0 bridgehead atoms. The minimum absolute atomic E-state index is 0.0432. The predicted octanol–water partition coefficient (Wildman–Crippen LogP) is 0.103. The van der Waals surface area contributed by atoms with Crippen molar-refractivity contribution in [2.24, 2.45) is 0 Å². The third-order valence-electron chi connectivity index (χ3n) is 2.93. The topological polar surface area (TPSA) is 118 Å². The first kappa shape index (κ1) is 17.9. The molecular formula is C12H21N3O4S2.